The summed E-state index contributed by atoms with van der Waals surface area (Å²) in [7, 11) is 0. The molecule has 8 nitrogen and oxygen atoms in total. The number of aromatic nitrogens is 5. The minimum absolute atomic E-state index is 0.235. The SMILES string of the molecule is CCCCC(CC)CNc1nc(Nc2ccc3[nH]c(=O)[nH]c3c2)nc(C(C)(C)S)n1. The average Bonchev–Trinajstić information content (AvgIpc) is 3.06. The predicted molar refractivity (Wildman–Crippen MR) is 126 cm³/mol. The van der Waals surface area contributed by atoms with Crippen molar-refractivity contribution in [1.82, 2.24) is 24.9 Å². The molecule has 4 N–H and O–H groups in total. The first-order valence-electron chi connectivity index (χ1n) is 10.5. The van der Waals surface area contributed by atoms with Gasteiger partial charge in [0.25, 0.3) is 0 Å². The van der Waals surface area contributed by atoms with Crippen LogP contribution in [-0.4, -0.2) is 31.5 Å². The van der Waals surface area contributed by atoms with E-state index in [-0.39, 0.29) is 5.69 Å². The number of unbranched alkanes of at least 4 members (excludes halogenated alkanes) is 1. The minimum atomic E-state index is -0.516. The first-order valence-corrected chi connectivity index (χ1v) is 10.9. The largest absolute Gasteiger partial charge is 0.354 e. The van der Waals surface area contributed by atoms with Crippen LogP contribution in [-0.2, 0) is 4.75 Å². The molecule has 1 aromatic carbocycles. The van der Waals surface area contributed by atoms with E-state index >= 15 is 0 Å². The first-order chi connectivity index (χ1) is 14.3. The maximum Gasteiger partial charge on any atom is 0.323 e. The van der Waals surface area contributed by atoms with Crippen LogP contribution in [0, 0.1) is 5.92 Å². The van der Waals surface area contributed by atoms with Crippen LogP contribution in [0.25, 0.3) is 11.0 Å². The molecule has 0 amide bonds. The Kier molecular flexibility index (Phi) is 7.02. The van der Waals surface area contributed by atoms with Crippen LogP contribution in [0.5, 0.6) is 0 Å². The van der Waals surface area contributed by atoms with Gasteiger partial charge >= 0.3 is 5.69 Å². The minimum Gasteiger partial charge on any atom is -0.354 e. The van der Waals surface area contributed by atoms with E-state index in [9.17, 15) is 4.79 Å². The number of H-pyrrole nitrogens is 2. The van der Waals surface area contributed by atoms with Gasteiger partial charge in [0, 0.05) is 12.2 Å². The summed E-state index contributed by atoms with van der Waals surface area (Å²) in [5.74, 6) is 2.14. The molecule has 0 saturated heterocycles. The Hall–Kier alpha value is -2.55. The number of fused-ring (bicyclic) bond motifs is 1. The van der Waals surface area contributed by atoms with E-state index in [1.807, 2.05) is 32.0 Å². The van der Waals surface area contributed by atoms with Gasteiger partial charge in [-0.15, -0.1) is 0 Å². The molecule has 2 aromatic heterocycles. The van der Waals surface area contributed by atoms with E-state index in [0.717, 1.165) is 24.2 Å². The van der Waals surface area contributed by atoms with E-state index in [1.165, 1.54) is 19.3 Å². The van der Waals surface area contributed by atoms with Crippen LogP contribution < -0.4 is 16.3 Å². The molecule has 9 heteroatoms. The van der Waals surface area contributed by atoms with Crippen molar-refractivity contribution in [3.63, 3.8) is 0 Å². The fourth-order valence-corrected chi connectivity index (χ4v) is 3.30. The number of hydrogen-bond donors (Lipinski definition) is 5. The molecular formula is C21H31N7OS. The molecule has 30 heavy (non-hydrogen) atoms. The maximum atomic E-state index is 11.5. The molecule has 0 fully saturated rings. The fourth-order valence-electron chi connectivity index (χ4n) is 3.20. The number of benzene rings is 1. The molecule has 0 radical (unpaired) electrons. The summed E-state index contributed by atoms with van der Waals surface area (Å²) in [6.45, 7) is 9.15. The van der Waals surface area contributed by atoms with Crippen molar-refractivity contribution in [1.29, 1.82) is 0 Å². The highest BCUT2D eigenvalue weighted by Crippen LogP contribution is 2.26. The van der Waals surface area contributed by atoms with Crippen molar-refractivity contribution < 1.29 is 0 Å². The second-order valence-electron chi connectivity index (χ2n) is 8.13. The predicted octanol–water partition coefficient (Wildman–Crippen LogP) is 4.58. The lowest BCUT2D eigenvalue weighted by Crippen LogP contribution is -2.20. The molecule has 3 aromatic rings. The Bertz CT molecular complexity index is 1040. The summed E-state index contributed by atoms with van der Waals surface area (Å²) < 4.78 is -0.516. The van der Waals surface area contributed by atoms with E-state index in [2.05, 4.69) is 62.0 Å². The molecular weight excluding hydrogens is 398 g/mol. The van der Waals surface area contributed by atoms with E-state index in [0.29, 0.717) is 29.2 Å². The zero-order valence-electron chi connectivity index (χ0n) is 18.0. The number of rotatable bonds is 10. The van der Waals surface area contributed by atoms with Gasteiger partial charge in [-0.3, -0.25) is 0 Å². The number of anilines is 3. The Morgan fingerprint density at radius 2 is 1.83 bits per heavy atom. The average molecular weight is 430 g/mol. The van der Waals surface area contributed by atoms with Crippen LogP contribution in [0.2, 0.25) is 0 Å². The standard InChI is InChI=1S/C21H31N7OS/c1-5-7-8-13(6-2)12-22-18-26-17(21(3,4)30)27-19(28-18)23-14-9-10-15-16(11-14)25-20(29)24-15/h9-11,13,30H,5-8,12H2,1-4H3,(H2,24,25,29)(H2,22,23,26,27,28). The van der Waals surface area contributed by atoms with E-state index in [1.54, 1.807) is 0 Å². The summed E-state index contributed by atoms with van der Waals surface area (Å²) in [5, 5.41) is 6.61. The third-order valence-electron chi connectivity index (χ3n) is 5.05. The molecule has 0 aliphatic carbocycles. The van der Waals surface area contributed by atoms with Gasteiger partial charge in [-0.25, -0.2) is 4.79 Å². The van der Waals surface area contributed by atoms with Crippen LogP contribution in [0.4, 0.5) is 17.6 Å². The molecule has 162 valence electrons. The topological polar surface area (TPSA) is 111 Å². The molecule has 0 spiro atoms. The molecule has 3 rings (SSSR count). The second-order valence-corrected chi connectivity index (χ2v) is 9.25. The van der Waals surface area contributed by atoms with Crippen LogP contribution in [0.15, 0.2) is 23.0 Å². The third-order valence-corrected chi connectivity index (χ3v) is 5.25. The van der Waals surface area contributed by atoms with Gasteiger partial charge < -0.3 is 20.6 Å². The summed E-state index contributed by atoms with van der Waals surface area (Å²) >= 11 is 4.64. The zero-order valence-corrected chi connectivity index (χ0v) is 18.9. The smallest absolute Gasteiger partial charge is 0.323 e. The van der Waals surface area contributed by atoms with Crippen molar-refractivity contribution >= 4 is 41.2 Å². The lowest BCUT2D eigenvalue weighted by molar-refractivity contribution is 0.471. The number of aromatic amines is 2. The maximum absolute atomic E-state index is 11.5. The van der Waals surface area contributed by atoms with E-state index < -0.39 is 4.75 Å². The molecule has 1 unspecified atom stereocenters. The molecule has 2 heterocycles. The Morgan fingerprint density at radius 1 is 1.10 bits per heavy atom. The molecule has 0 saturated carbocycles. The highest BCUT2D eigenvalue weighted by Gasteiger charge is 2.21. The van der Waals surface area contributed by atoms with Crippen LogP contribution in [0.1, 0.15) is 59.2 Å². The highest BCUT2D eigenvalue weighted by atomic mass is 32.1. The van der Waals surface area contributed by atoms with Gasteiger partial charge in [0.05, 0.1) is 15.8 Å². The Balaban J connectivity index is 1.83. The van der Waals surface area contributed by atoms with Gasteiger partial charge in [-0.1, -0.05) is 33.1 Å². The second kappa shape index (κ2) is 9.51. The molecule has 0 bridgehead atoms. The molecule has 0 aliphatic rings. The number of nitrogens with one attached hydrogen (secondary N) is 4. The summed E-state index contributed by atoms with van der Waals surface area (Å²) in [5.41, 5.74) is 2.00. The van der Waals surface area contributed by atoms with Gasteiger partial charge in [0.15, 0.2) is 5.82 Å². The third kappa shape index (κ3) is 5.75. The first kappa shape index (κ1) is 22.1. The highest BCUT2D eigenvalue weighted by molar-refractivity contribution is 7.81. The zero-order chi connectivity index (χ0) is 21.7. The number of nitrogens with zero attached hydrogens (tertiary/aromatic N) is 3. The summed E-state index contributed by atoms with van der Waals surface area (Å²) in [6.07, 6.45) is 4.73. The summed E-state index contributed by atoms with van der Waals surface area (Å²) in [4.78, 5) is 30.7. The van der Waals surface area contributed by atoms with Crippen molar-refractivity contribution in [3.8, 4) is 0 Å². The van der Waals surface area contributed by atoms with Crippen LogP contribution >= 0.6 is 12.6 Å². The van der Waals surface area contributed by atoms with Gasteiger partial charge in [-0.2, -0.15) is 27.6 Å². The van der Waals surface area contributed by atoms with Gasteiger partial charge in [-0.05, 0) is 44.4 Å². The number of hydrogen-bond acceptors (Lipinski definition) is 7. The van der Waals surface area contributed by atoms with Gasteiger partial charge in [0.2, 0.25) is 11.9 Å². The van der Waals surface area contributed by atoms with Crippen molar-refractivity contribution in [2.24, 2.45) is 5.92 Å². The monoisotopic (exact) mass is 429 g/mol. The van der Waals surface area contributed by atoms with Crippen molar-refractivity contribution in [2.45, 2.75) is 58.1 Å². The fraction of sp³-hybridized carbons (Fsp3) is 0.524. The molecule has 0 aliphatic heterocycles. The normalized spacial score (nSPS) is 12.8. The quantitative estimate of drug-likeness (QED) is 0.302. The number of imidazole rings is 1. The van der Waals surface area contributed by atoms with Crippen molar-refractivity contribution in [3.05, 3.63) is 34.5 Å². The van der Waals surface area contributed by atoms with Crippen LogP contribution in [0.3, 0.4) is 0 Å². The number of thiol groups is 1. The molecule has 1 atom stereocenters. The Morgan fingerprint density at radius 3 is 2.53 bits per heavy atom. The van der Waals surface area contributed by atoms with Crippen molar-refractivity contribution in [2.75, 3.05) is 17.2 Å². The lowest BCUT2D eigenvalue weighted by Gasteiger charge is -2.19. The Labute approximate surface area is 182 Å². The summed E-state index contributed by atoms with van der Waals surface area (Å²) in [6, 6.07) is 5.54. The van der Waals surface area contributed by atoms with Gasteiger partial charge in [0.1, 0.15) is 0 Å². The van der Waals surface area contributed by atoms with E-state index in [4.69, 9.17) is 0 Å². The lowest BCUT2D eigenvalue weighted by atomic mass is 9.99.